The summed E-state index contributed by atoms with van der Waals surface area (Å²) >= 11 is 11.9. The van der Waals surface area contributed by atoms with Gasteiger partial charge in [-0.3, -0.25) is 9.59 Å². The Bertz CT molecular complexity index is 1720. The molecule has 1 heterocycles. The van der Waals surface area contributed by atoms with Crippen molar-refractivity contribution in [2.24, 2.45) is 5.10 Å². The third-order valence-electron chi connectivity index (χ3n) is 5.96. The molecule has 2 amide bonds. The average Bonchev–Trinajstić information content (AvgIpc) is 3.45. The second kappa shape index (κ2) is 14.2. The van der Waals surface area contributed by atoms with Gasteiger partial charge in [0, 0.05) is 22.7 Å². The minimum absolute atomic E-state index is 0.0381. The summed E-state index contributed by atoms with van der Waals surface area (Å²) in [6.45, 7) is -0.0731. The van der Waals surface area contributed by atoms with E-state index in [1.807, 2.05) is 0 Å². The zero-order chi connectivity index (χ0) is 31.0. The smallest absolute Gasteiger partial charge is 0.329 e. The number of nitrogens with zero attached hydrogens (tertiary/aromatic N) is 2. The number of anilines is 1. The molecule has 0 spiro atoms. The maximum absolute atomic E-state index is 13.5. The molecule has 4 aromatic rings. The first-order valence-corrected chi connectivity index (χ1v) is 14.7. The number of furan rings is 1. The average molecular weight is 646 g/mol. The molecule has 0 bridgehead atoms. The van der Waals surface area contributed by atoms with E-state index in [9.17, 15) is 18.0 Å². The van der Waals surface area contributed by atoms with Crippen molar-refractivity contribution in [3.63, 3.8) is 0 Å². The van der Waals surface area contributed by atoms with Crippen LogP contribution in [0.2, 0.25) is 10.0 Å². The molecule has 0 saturated carbocycles. The van der Waals surface area contributed by atoms with Crippen molar-refractivity contribution in [1.29, 1.82) is 0 Å². The highest BCUT2D eigenvalue weighted by Gasteiger charge is 2.26. The number of rotatable bonds is 11. The summed E-state index contributed by atoms with van der Waals surface area (Å²) in [4.78, 5) is 24.6. The molecule has 0 saturated heterocycles. The molecule has 4 rings (SSSR count). The summed E-state index contributed by atoms with van der Waals surface area (Å²) in [7, 11) is -1.06. The zero-order valence-electron chi connectivity index (χ0n) is 22.9. The summed E-state index contributed by atoms with van der Waals surface area (Å²) in [6, 6.07) is 20.5. The molecule has 3 aromatic carbocycles. The fourth-order valence-corrected chi connectivity index (χ4v) is 5.43. The number of hydrogen-bond acceptors (Lipinski definition) is 8. The van der Waals surface area contributed by atoms with Gasteiger partial charge in [-0.1, -0.05) is 35.3 Å². The lowest BCUT2D eigenvalue weighted by Crippen LogP contribution is -2.32. The van der Waals surface area contributed by atoms with Gasteiger partial charge in [0.2, 0.25) is 10.0 Å². The van der Waals surface area contributed by atoms with Crippen molar-refractivity contribution in [2.45, 2.75) is 18.0 Å². The van der Waals surface area contributed by atoms with Gasteiger partial charge >= 0.3 is 11.8 Å². The summed E-state index contributed by atoms with van der Waals surface area (Å²) in [5, 5.41) is 7.12. The molecule has 0 fully saturated rings. The van der Waals surface area contributed by atoms with E-state index in [0.29, 0.717) is 32.9 Å². The van der Waals surface area contributed by atoms with Crippen LogP contribution < -0.4 is 20.2 Å². The number of nitrogens with one attached hydrogen (secondary N) is 2. The highest BCUT2D eigenvalue weighted by atomic mass is 35.5. The van der Waals surface area contributed by atoms with Crippen LogP contribution in [0.3, 0.4) is 0 Å². The third kappa shape index (κ3) is 8.36. The quantitative estimate of drug-likeness (QED) is 0.132. The van der Waals surface area contributed by atoms with Gasteiger partial charge in [-0.05, 0) is 66.2 Å². The summed E-state index contributed by atoms with van der Waals surface area (Å²) in [6.07, 6.45) is 1.18. The van der Waals surface area contributed by atoms with Crippen molar-refractivity contribution in [3.8, 4) is 11.5 Å². The standard InChI is InChI=1S/C29H26Cl2N4O7S/c1-40-22-11-14-26(27(15-22)41-2)33-28(36)29(37)34-32-16-23-9-10-24(42-23)18-35(17-19-3-5-20(30)6-4-19)43(38,39)25-12-7-21(31)8-13-25/h3-16H,17-18H2,1-2H3,(H,33,36)(H,34,37)/b32-16+. The number of carbonyl (C=O) groups is 2. The van der Waals surface area contributed by atoms with E-state index < -0.39 is 21.8 Å². The van der Waals surface area contributed by atoms with Crippen LogP contribution in [0, 0.1) is 0 Å². The van der Waals surface area contributed by atoms with E-state index >= 15 is 0 Å². The monoisotopic (exact) mass is 644 g/mol. The van der Waals surface area contributed by atoms with Crippen molar-refractivity contribution >= 4 is 56.9 Å². The van der Waals surface area contributed by atoms with Gasteiger partial charge < -0.3 is 19.2 Å². The highest BCUT2D eigenvalue weighted by Crippen LogP contribution is 2.29. The minimum Gasteiger partial charge on any atom is -0.497 e. The number of sulfonamides is 1. The minimum atomic E-state index is -3.96. The molecule has 0 atom stereocenters. The number of halogens is 2. The van der Waals surface area contributed by atoms with E-state index in [-0.39, 0.29) is 29.4 Å². The topological polar surface area (TPSA) is 140 Å². The number of hydrogen-bond donors (Lipinski definition) is 2. The number of hydrazone groups is 1. The molecule has 0 unspecified atom stereocenters. The SMILES string of the molecule is COc1ccc(NC(=O)C(=O)N/N=C/c2ccc(CN(Cc3ccc(Cl)cc3)S(=O)(=O)c3ccc(Cl)cc3)o2)c(OC)c1. The Morgan fingerprint density at radius 1 is 0.884 bits per heavy atom. The van der Waals surface area contributed by atoms with Gasteiger partial charge in [0.05, 0.1) is 37.6 Å². The first-order valence-electron chi connectivity index (χ1n) is 12.5. The van der Waals surface area contributed by atoms with Gasteiger partial charge in [0.25, 0.3) is 0 Å². The number of methoxy groups -OCH3 is 2. The molecule has 43 heavy (non-hydrogen) atoms. The van der Waals surface area contributed by atoms with Gasteiger partial charge in [-0.25, -0.2) is 13.8 Å². The van der Waals surface area contributed by atoms with E-state index in [4.69, 9.17) is 37.1 Å². The largest absolute Gasteiger partial charge is 0.497 e. The van der Waals surface area contributed by atoms with E-state index in [2.05, 4.69) is 15.8 Å². The lowest BCUT2D eigenvalue weighted by molar-refractivity contribution is -0.136. The second-order valence-electron chi connectivity index (χ2n) is 8.88. The fraction of sp³-hybridized carbons (Fsp3) is 0.138. The summed E-state index contributed by atoms with van der Waals surface area (Å²) in [5.74, 6) is -0.686. The van der Waals surface area contributed by atoms with Crippen molar-refractivity contribution < 1.29 is 31.9 Å². The maximum atomic E-state index is 13.5. The van der Waals surface area contributed by atoms with Crippen LogP contribution in [0.1, 0.15) is 17.1 Å². The Balaban J connectivity index is 1.43. The van der Waals surface area contributed by atoms with Gasteiger partial charge in [-0.15, -0.1) is 0 Å². The molecular formula is C29H26Cl2N4O7S. The number of carbonyl (C=O) groups excluding carboxylic acids is 2. The van der Waals surface area contributed by atoms with Crippen LogP contribution in [0.25, 0.3) is 0 Å². The lowest BCUT2D eigenvalue weighted by Gasteiger charge is -2.21. The molecule has 0 aliphatic rings. The molecule has 2 N–H and O–H groups in total. The highest BCUT2D eigenvalue weighted by molar-refractivity contribution is 7.89. The lowest BCUT2D eigenvalue weighted by atomic mass is 10.2. The Morgan fingerprint density at radius 3 is 2.21 bits per heavy atom. The van der Waals surface area contributed by atoms with E-state index in [0.717, 1.165) is 0 Å². The maximum Gasteiger partial charge on any atom is 0.329 e. The molecule has 14 heteroatoms. The number of amides is 2. The van der Waals surface area contributed by atoms with Crippen LogP contribution in [0.4, 0.5) is 5.69 Å². The Hall–Kier alpha value is -4.36. The zero-order valence-corrected chi connectivity index (χ0v) is 25.2. The first-order chi connectivity index (χ1) is 20.6. The molecule has 224 valence electrons. The predicted octanol–water partition coefficient (Wildman–Crippen LogP) is 5.08. The predicted molar refractivity (Wildman–Crippen MR) is 162 cm³/mol. The molecule has 0 aliphatic heterocycles. The number of benzene rings is 3. The van der Waals surface area contributed by atoms with Gasteiger partial charge in [0.15, 0.2) is 0 Å². The molecule has 0 aliphatic carbocycles. The molecule has 1 aromatic heterocycles. The Labute approximate surface area is 258 Å². The van der Waals surface area contributed by atoms with Crippen molar-refractivity contribution in [2.75, 3.05) is 19.5 Å². The van der Waals surface area contributed by atoms with Crippen LogP contribution >= 0.6 is 23.2 Å². The Kier molecular flexibility index (Phi) is 10.4. The van der Waals surface area contributed by atoms with Crippen molar-refractivity contribution in [1.82, 2.24) is 9.73 Å². The normalized spacial score (nSPS) is 11.5. The van der Waals surface area contributed by atoms with Crippen LogP contribution in [-0.4, -0.2) is 45.0 Å². The van der Waals surface area contributed by atoms with E-state index in [1.54, 1.807) is 48.5 Å². The van der Waals surface area contributed by atoms with Gasteiger partial charge in [0.1, 0.15) is 23.0 Å². The first kappa shape index (κ1) is 31.6. The summed E-state index contributed by atoms with van der Waals surface area (Å²) < 4.78 is 44.4. The van der Waals surface area contributed by atoms with E-state index in [1.165, 1.54) is 55.1 Å². The third-order valence-corrected chi connectivity index (χ3v) is 8.27. The molecule has 11 nitrogen and oxygen atoms in total. The molecule has 0 radical (unpaired) electrons. The van der Waals surface area contributed by atoms with Gasteiger partial charge in [-0.2, -0.15) is 9.41 Å². The number of ether oxygens (including phenoxy) is 2. The van der Waals surface area contributed by atoms with Crippen LogP contribution in [-0.2, 0) is 32.7 Å². The second-order valence-corrected chi connectivity index (χ2v) is 11.7. The van der Waals surface area contributed by atoms with Crippen LogP contribution in [0.15, 0.2) is 93.3 Å². The fourth-order valence-electron chi connectivity index (χ4n) is 3.78. The van der Waals surface area contributed by atoms with Crippen LogP contribution in [0.5, 0.6) is 11.5 Å². The van der Waals surface area contributed by atoms with Crippen molar-refractivity contribution in [3.05, 3.63) is 106 Å². The molecular weight excluding hydrogens is 619 g/mol. The Morgan fingerprint density at radius 2 is 1.56 bits per heavy atom. The summed E-state index contributed by atoms with van der Waals surface area (Å²) in [5.41, 5.74) is 3.09.